The summed E-state index contributed by atoms with van der Waals surface area (Å²) in [7, 11) is 0. The second-order valence-corrected chi connectivity index (χ2v) is 4.59. The summed E-state index contributed by atoms with van der Waals surface area (Å²) in [6, 6.07) is 5.21. The zero-order chi connectivity index (χ0) is 13.8. The molecule has 4 nitrogen and oxygen atoms in total. The van der Waals surface area contributed by atoms with Crippen LogP contribution in [0.4, 0.5) is 5.69 Å². The van der Waals surface area contributed by atoms with E-state index in [4.69, 9.17) is 16.3 Å². The van der Waals surface area contributed by atoms with Crippen LogP contribution in [-0.2, 0) is 14.3 Å². The van der Waals surface area contributed by atoms with Crippen LogP contribution in [0.15, 0.2) is 24.3 Å². The Morgan fingerprint density at radius 3 is 3.00 bits per heavy atom. The van der Waals surface area contributed by atoms with E-state index in [1.54, 1.807) is 31.2 Å². The number of hydrogen-bond acceptors (Lipinski definition) is 3. The van der Waals surface area contributed by atoms with Crippen LogP contribution < -0.4 is 5.32 Å². The zero-order valence-electron chi connectivity index (χ0n) is 10.5. The van der Waals surface area contributed by atoms with Gasteiger partial charge in [-0.15, -0.1) is 0 Å². The molecular formula is C14H14ClNO3. The van der Waals surface area contributed by atoms with Crippen LogP contribution in [0.3, 0.4) is 0 Å². The number of amides is 1. The number of esters is 1. The molecule has 1 amide bonds. The maximum absolute atomic E-state index is 11.6. The van der Waals surface area contributed by atoms with Crippen LogP contribution in [0, 0.1) is 0 Å². The Hall–Kier alpha value is -1.81. The fraction of sp³-hybridized carbons (Fsp3) is 0.286. The topological polar surface area (TPSA) is 55.4 Å². The molecule has 2 rings (SSSR count). The van der Waals surface area contributed by atoms with Gasteiger partial charge in [-0.25, -0.2) is 0 Å². The molecule has 0 aromatic heterocycles. The van der Waals surface area contributed by atoms with Crippen LogP contribution in [0.5, 0.6) is 0 Å². The van der Waals surface area contributed by atoms with Crippen LogP contribution in [-0.4, -0.2) is 18.5 Å². The van der Waals surface area contributed by atoms with E-state index in [0.29, 0.717) is 17.3 Å². The molecule has 0 aliphatic carbocycles. The van der Waals surface area contributed by atoms with Gasteiger partial charge in [-0.2, -0.15) is 0 Å². The summed E-state index contributed by atoms with van der Waals surface area (Å²) >= 11 is 5.92. The Morgan fingerprint density at radius 1 is 1.47 bits per heavy atom. The summed E-state index contributed by atoms with van der Waals surface area (Å²) in [6.07, 6.45) is 2.14. The molecule has 1 aliphatic heterocycles. The highest BCUT2D eigenvalue weighted by molar-refractivity contribution is 6.31. The summed E-state index contributed by atoms with van der Waals surface area (Å²) in [5.74, 6) is -0.425. The lowest BCUT2D eigenvalue weighted by Crippen LogP contribution is -2.09. The first-order valence-electron chi connectivity index (χ1n) is 6.04. The molecule has 1 aromatic rings. The minimum absolute atomic E-state index is 0.123. The van der Waals surface area contributed by atoms with E-state index < -0.39 is 0 Å². The Morgan fingerprint density at radius 2 is 2.26 bits per heavy atom. The molecule has 1 heterocycles. The number of nitrogens with one attached hydrogen (secondary N) is 1. The SMILES string of the molecule is CCOC(=O)CC1=CCC(=O)Nc2cc(Cl)ccc21. The average molecular weight is 280 g/mol. The van der Waals surface area contributed by atoms with Gasteiger partial charge in [0.1, 0.15) is 0 Å². The van der Waals surface area contributed by atoms with Gasteiger partial charge in [-0.1, -0.05) is 23.7 Å². The van der Waals surface area contributed by atoms with Crippen molar-refractivity contribution in [2.75, 3.05) is 11.9 Å². The number of carbonyl (C=O) groups excluding carboxylic acids is 2. The summed E-state index contributed by atoms with van der Waals surface area (Å²) in [5.41, 5.74) is 2.22. The third-order valence-corrected chi connectivity index (χ3v) is 3.01. The Labute approximate surface area is 116 Å². The third-order valence-electron chi connectivity index (χ3n) is 2.78. The quantitative estimate of drug-likeness (QED) is 0.865. The first-order chi connectivity index (χ1) is 9.10. The molecule has 0 bridgehead atoms. The fourth-order valence-electron chi connectivity index (χ4n) is 1.96. The van der Waals surface area contributed by atoms with Crippen molar-refractivity contribution in [2.45, 2.75) is 19.8 Å². The highest BCUT2D eigenvalue weighted by Crippen LogP contribution is 2.31. The van der Waals surface area contributed by atoms with Gasteiger partial charge in [-0.3, -0.25) is 9.59 Å². The van der Waals surface area contributed by atoms with Crippen molar-refractivity contribution in [2.24, 2.45) is 0 Å². The molecule has 1 aromatic carbocycles. The maximum atomic E-state index is 11.6. The molecule has 19 heavy (non-hydrogen) atoms. The van der Waals surface area contributed by atoms with Gasteiger partial charge in [0, 0.05) is 22.7 Å². The van der Waals surface area contributed by atoms with Gasteiger partial charge in [0.05, 0.1) is 13.0 Å². The predicted octanol–water partition coefficient (Wildman–Crippen LogP) is 3.02. The minimum atomic E-state index is -0.302. The van der Waals surface area contributed by atoms with Crippen LogP contribution in [0.1, 0.15) is 25.3 Å². The predicted molar refractivity (Wildman–Crippen MR) is 73.9 cm³/mol. The van der Waals surface area contributed by atoms with E-state index in [0.717, 1.165) is 11.1 Å². The molecule has 100 valence electrons. The van der Waals surface area contributed by atoms with Crippen molar-refractivity contribution in [1.29, 1.82) is 0 Å². The van der Waals surface area contributed by atoms with Gasteiger partial charge < -0.3 is 10.1 Å². The summed E-state index contributed by atoms with van der Waals surface area (Å²) in [4.78, 5) is 23.2. The number of ether oxygens (including phenoxy) is 1. The van der Waals surface area contributed by atoms with E-state index in [9.17, 15) is 9.59 Å². The van der Waals surface area contributed by atoms with Crippen LogP contribution in [0.25, 0.3) is 5.57 Å². The van der Waals surface area contributed by atoms with E-state index in [1.807, 2.05) is 0 Å². The second kappa shape index (κ2) is 5.89. The molecule has 5 heteroatoms. The monoisotopic (exact) mass is 279 g/mol. The molecule has 0 fully saturated rings. The molecule has 0 radical (unpaired) electrons. The Balaban J connectivity index is 2.33. The molecule has 0 atom stereocenters. The van der Waals surface area contributed by atoms with Crippen molar-refractivity contribution in [3.63, 3.8) is 0 Å². The average Bonchev–Trinajstić information content (AvgIpc) is 2.49. The lowest BCUT2D eigenvalue weighted by molar-refractivity contribution is -0.141. The molecule has 0 saturated carbocycles. The van der Waals surface area contributed by atoms with E-state index in [1.165, 1.54) is 0 Å². The summed E-state index contributed by atoms with van der Waals surface area (Å²) in [5, 5.41) is 3.31. The van der Waals surface area contributed by atoms with E-state index in [-0.39, 0.29) is 24.7 Å². The molecule has 0 spiro atoms. The third kappa shape index (κ3) is 3.35. The van der Waals surface area contributed by atoms with Crippen molar-refractivity contribution in [3.05, 3.63) is 34.9 Å². The Kier molecular flexibility index (Phi) is 4.22. The van der Waals surface area contributed by atoms with Crippen LogP contribution in [0.2, 0.25) is 5.02 Å². The number of halogens is 1. The van der Waals surface area contributed by atoms with Crippen molar-refractivity contribution < 1.29 is 14.3 Å². The standard InChI is InChI=1S/C14H14ClNO3/c1-2-19-14(18)7-9-3-6-13(17)16-12-8-10(15)4-5-11(9)12/h3-5,8H,2,6-7H2,1H3,(H,16,17). The molecular weight excluding hydrogens is 266 g/mol. The summed E-state index contributed by atoms with van der Waals surface area (Å²) in [6.45, 7) is 2.11. The van der Waals surface area contributed by atoms with Crippen molar-refractivity contribution in [1.82, 2.24) is 0 Å². The first-order valence-corrected chi connectivity index (χ1v) is 6.42. The van der Waals surface area contributed by atoms with Gasteiger partial charge in [-0.05, 0) is 24.6 Å². The highest BCUT2D eigenvalue weighted by Gasteiger charge is 2.18. The lowest BCUT2D eigenvalue weighted by atomic mass is 10.0. The van der Waals surface area contributed by atoms with Gasteiger partial charge in [0.25, 0.3) is 0 Å². The number of anilines is 1. The van der Waals surface area contributed by atoms with Crippen molar-refractivity contribution >= 4 is 34.7 Å². The number of fused-ring (bicyclic) bond motifs is 1. The minimum Gasteiger partial charge on any atom is -0.466 e. The normalized spacial score (nSPS) is 14.0. The second-order valence-electron chi connectivity index (χ2n) is 4.15. The summed E-state index contributed by atoms with van der Waals surface area (Å²) < 4.78 is 4.94. The molecule has 1 N–H and O–H groups in total. The Bertz CT molecular complexity index is 552. The van der Waals surface area contributed by atoms with Gasteiger partial charge in [0.2, 0.25) is 5.91 Å². The van der Waals surface area contributed by atoms with Gasteiger partial charge >= 0.3 is 5.97 Å². The molecule has 1 aliphatic rings. The number of hydrogen-bond donors (Lipinski definition) is 1. The van der Waals surface area contributed by atoms with Crippen molar-refractivity contribution in [3.8, 4) is 0 Å². The smallest absolute Gasteiger partial charge is 0.310 e. The fourth-order valence-corrected chi connectivity index (χ4v) is 2.13. The van der Waals surface area contributed by atoms with Crippen LogP contribution >= 0.6 is 11.6 Å². The van der Waals surface area contributed by atoms with Gasteiger partial charge in [0.15, 0.2) is 0 Å². The molecule has 0 saturated heterocycles. The largest absolute Gasteiger partial charge is 0.466 e. The molecule has 0 unspecified atom stereocenters. The maximum Gasteiger partial charge on any atom is 0.310 e. The van der Waals surface area contributed by atoms with E-state index in [2.05, 4.69) is 5.32 Å². The number of carbonyl (C=O) groups is 2. The van der Waals surface area contributed by atoms with E-state index >= 15 is 0 Å². The zero-order valence-corrected chi connectivity index (χ0v) is 11.3. The highest BCUT2D eigenvalue weighted by atomic mass is 35.5. The lowest BCUT2D eigenvalue weighted by Gasteiger charge is -2.11. The number of rotatable bonds is 3. The first kappa shape index (κ1) is 13.6. The number of benzene rings is 1.